The molecular formula is C17H16N2O5. The number of anilines is 1. The van der Waals surface area contributed by atoms with E-state index in [2.05, 4.69) is 0 Å². The van der Waals surface area contributed by atoms with Crippen LogP contribution in [0.15, 0.2) is 48.5 Å². The topological polar surface area (TPSA) is 85.2 Å². The largest absolute Gasteiger partial charge is 0.484 e. The second kappa shape index (κ2) is 6.67. The number of epoxide rings is 1. The van der Waals surface area contributed by atoms with E-state index in [1.807, 2.05) is 6.07 Å². The van der Waals surface area contributed by atoms with Crippen LogP contribution in [0.1, 0.15) is 10.4 Å². The summed E-state index contributed by atoms with van der Waals surface area (Å²) in [5.74, 6) is -0.399. The summed E-state index contributed by atoms with van der Waals surface area (Å²) in [7, 11) is 1.58. The van der Waals surface area contributed by atoms with Gasteiger partial charge in [-0.1, -0.05) is 24.3 Å². The summed E-state index contributed by atoms with van der Waals surface area (Å²) in [4.78, 5) is 25.0. The molecule has 1 atom stereocenters. The Morgan fingerprint density at radius 1 is 1.29 bits per heavy atom. The minimum absolute atomic E-state index is 0.0134. The summed E-state index contributed by atoms with van der Waals surface area (Å²) in [5, 5.41) is 11.5. The summed E-state index contributed by atoms with van der Waals surface area (Å²) in [6, 6.07) is 13.4. The van der Waals surface area contributed by atoms with Gasteiger partial charge >= 0.3 is 5.69 Å². The second-order valence-electron chi connectivity index (χ2n) is 5.38. The normalized spacial score (nSPS) is 15.6. The molecule has 24 heavy (non-hydrogen) atoms. The Kier molecular flexibility index (Phi) is 4.43. The van der Waals surface area contributed by atoms with Gasteiger partial charge in [0.05, 0.1) is 11.5 Å². The number of para-hydroxylation sites is 2. The molecule has 7 heteroatoms. The number of nitrogens with zero attached hydrogens (tertiary/aromatic N) is 2. The SMILES string of the molecule is CN(C(=O)c1cccc(OCC2CO2)c1[N+](=O)[O-])c1ccccc1. The standard InChI is InChI=1S/C17H16N2O5/c1-18(12-6-3-2-4-7-12)17(20)14-8-5-9-15(16(14)19(21)22)24-11-13-10-23-13/h2-9,13H,10-11H2,1H3. The molecule has 1 amide bonds. The molecule has 1 aliphatic heterocycles. The van der Waals surface area contributed by atoms with E-state index in [1.54, 1.807) is 37.4 Å². The molecule has 1 saturated heterocycles. The van der Waals surface area contributed by atoms with Crippen LogP contribution in [0.3, 0.4) is 0 Å². The highest BCUT2D eigenvalue weighted by atomic mass is 16.6. The predicted octanol–water partition coefficient (Wildman–Crippen LogP) is 2.65. The molecule has 0 N–H and O–H groups in total. The lowest BCUT2D eigenvalue weighted by molar-refractivity contribution is -0.386. The number of hydrogen-bond donors (Lipinski definition) is 0. The molecule has 3 rings (SSSR count). The van der Waals surface area contributed by atoms with Crippen LogP contribution >= 0.6 is 0 Å². The molecular weight excluding hydrogens is 312 g/mol. The van der Waals surface area contributed by atoms with Crippen LogP contribution in [0.4, 0.5) is 11.4 Å². The first-order chi connectivity index (χ1) is 11.6. The molecule has 7 nitrogen and oxygen atoms in total. The van der Waals surface area contributed by atoms with Gasteiger partial charge in [0.2, 0.25) is 0 Å². The molecule has 0 aliphatic carbocycles. The van der Waals surface area contributed by atoms with Crippen molar-refractivity contribution < 1.29 is 19.2 Å². The molecule has 2 aromatic rings. The number of ether oxygens (including phenoxy) is 2. The van der Waals surface area contributed by atoms with Crippen molar-refractivity contribution in [2.75, 3.05) is 25.2 Å². The van der Waals surface area contributed by atoms with Gasteiger partial charge in [0.15, 0.2) is 5.75 Å². The van der Waals surface area contributed by atoms with Crippen LogP contribution in [-0.2, 0) is 4.74 Å². The van der Waals surface area contributed by atoms with Crippen LogP contribution in [0, 0.1) is 10.1 Å². The average Bonchev–Trinajstić information content (AvgIpc) is 3.43. The Morgan fingerprint density at radius 3 is 2.62 bits per heavy atom. The Morgan fingerprint density at radius 2 is 2.00 bits per heavy atom. The van der Waals surface area contributed by atoms with Gasteiger partial charge in [0, 0.05) is 12.7 Å². The lowest BCUT2D eigenvalue weighted by Crippen LogP contribution is -2.27. The van der Waals surface area contributed by atoms with E-state index in [1.165, 1.54) is 17.0 Å². The summed E-state index contributed by atoms with van der Waals surface area (Å²) in [5.41, 5.74) is 0.306. The maximum Gasteiger partial charge on any atom is 0.323 e. The Hall–Kier alpha value is -2.93. The molecule has 0 aromatic heterocycles. The predicted molar refractivity (Wildman–Crippen MR) is 87.5 cm³/mol. The number of carbonyl (C=O) groups excluding carboxylic acids is 1. The fraction of sp³-hybridized carbons (Fsp3) is 0.235. The number of carbonyl (C=O) groups is 1. The van der Waals surface area contributed by atoms with Crippen LogP contribution in [-0.4, -0.2) is 37.2 Å². The third-order valence-corrected chi connectivity index (χ3v) is 3.69. The number of nitro benzene ring substituents is 1. The van der Waals surface area contributed by atoms with Crippen molar-refractivity contribution >= 4 is 17.3 Å². The van der Waals surface area contributed by atoms with Crippen molar-refractivity contribution in [2.45, 2.75) is 6.10 Å². The molecule has 0 spiro atoms. The Bertz CT molecular complexity index is 759. The van der Waals surface area contributed by atoms with Crippen LogP contribution in [0.25, 0.3) is 0 Å². The summed E-state index contributed by atoms with van der Waals surface area (Å²) in [6.45, 7) is 0.816. The average molecular weight is 328 g/mol. The molecule has 1 heterocycles. The van der Waals surface area contributed by atoms with E-state index in [0.29, 0.717) is 12.3 Å². The van der Waals surface area contributed by atoms with Crippen molar-refractivity contribution in [3.8, 4) is 5.75 Å². The highest BCUT2D eigenvalue weighted by Gasteiger charge is 2.30. The zero-order chi connectivity index (χ0) is 17.1. The van der Waals surface area contributed by atoms with Crippen LogP contribution < -0.4 is 9.64 Å². The number of nitro groups is 1. The molecule has 124 valence electrons. The van der Waals surface area contributed by atoms with E-state index in [9.17, 15) is 14.9 Å². The van der Waals surface area contributed by atoms with Crippen molar-refractivity contribution in [1.82, 2.24) is 0 Å². The molecule has 0 bridgehead atoms. The first-order valence-corrected chi connectivity index (χ1v) is 7.43. The van der Waals surface area contributed by atoms with E-state index in [0.717, 1.165) is 0 Å². The van der Waals surface area contributed by atoms with Gasteiger partial charge in [-0.25, -0.2) is 0 Å². The second-order valence-corrected chi connectivity index (χ2v) is 5.38. The fourth-order valence-electron chi connectivity index (χ4n) is 2.30. The van der Waals surface area contributed by atoms with Gasteiger partial charge in [-0.15, -0.1) is 0 Å². The van der Waals surface area contributed by atoms with E-state index >= 15 is 0 Å². The van der Waals surface area contributed by atoms with Gasteiger partial charge < -0.3 is 14.4 Å². The lowest BCUT2D eigenvalue weighted by Gasteiger charge is -2.18. The van der Waals surface area contributed by atoms with Gasteiger partial charge in [0.25, 0.3) is 5.91 Å². The molecule has 0 saturated carbocycles. The maximum absolute atomic E-state index is 12.7. The van der Waals surface area contributed by atoms with Crippen molar-refractivity contribution in [2.24, 2.45) is 0 Å². The minimum Gasteiger partial charge on any atom is -0.484 e. The quantitative estimate of drug-likeness (QED) is 0.462. The van der Waals surface area contributed by atoms with Crippen LogP contribution in [0.5, 0.6) is 5.75 Å². The maximum atomic E-state index is 12.7. The van der Waals surface area contributed by atoms with Gasteiger partial charge in [-0.05, 0) is 24.3 Å². The molecule has 1 aliphatic rings. The highest BCUT2D eigenvalue weighted by Crippen LogP contribution is 2.33. The first kappa shape index (κ1) is 15.9. The van der Waals surface area contributed by atoms with Crippen molar-refractivity contribution in [3.05, 3.63) is 64.2 Å². The molecule has 2 aromatic carbocycles. The zero-order valence-corrected chi connectivity index (χ0v) is 13.0. The monoisotopic (exact) mass is 328 g/mol. The van der Waals surface area contributed by atoms with Gasteiger partial charge in [0.1, 0.15) is 18.3 Å². The summed E-state index contributed by atoms with van der Waals surface area (Å²) in [6.07, 6.45) is -0.0315. The number of benzene rings is 2. The Labute approximate surface area is 138 Å². The molecule has 0 radical (unpaired) electrons. The fourth-order valence-corrected chi connectivity index (χ4v) is 2.30. The minimum atomic E-state index is -0.588. The van der Waals surface area contributed by atoms with Crippen molar-refractivity contribution in [1.29, 1.82) is 0 Å². The third-order valence-electron chi connectivity index (χ3n) is 3.69. The third kappa shape index (κ3) is 3.36. The number of hydrogen-bond acceptors (Lipinski definition) is 5. The number of rotatable bonds is 6. The van der Waals surface area contributed by atoms with Crippen molar-refractivity contribution in [3.63, 3.8) is 0 Å². The van der Waals surface area contributed by atoms with E-state index < -0.39 is 10.8 Å². The first-order valence-electron chi connectivity index (χ1n) is 7.43. The highest BCUT2D eigenvalue weighted by molar-refractivity contribution is 6.09. The Balaban J connectivity index is 1.92. The smallest absolute Gasteiger partial charge is 0.323 e. The summed E-state index contributed by atoms with van der Waals surface area (Å²) < 4.78 is 10.5. The summed E-state index contributed by atoms with van der Waals surface area (Å²) >= 11 is 0. The van der Waals surface area contributed by atoms with Gasteiger partial charge in [-0.2, -0.15) is 0 Å². The molecule has 1 unspecified atom stereocenters. The number of amides is 1. The molecule has 1 fully saturated rings. The van der Waals surface area contributed by atoms with Crippen LogP contribution in [0.2, 0.25) is 0 Å². The van der Waals surface area contributed by atoms with E-state index in [-0.39, 0.29) is 29.7 Å². The lowest BCUT2D eigenvalue weighted by atomic mass is 10.1. The van der Waals surface area contributed by atoms with E-state index in [4.69, 9.17) is 9.47 Å². The zero-order valence-electron chi connectivity index (χ0n) is 13.0. The van der Waals surface area contributed by atoms with Gasteiger partial charge in [-0.3, -0.25) is 14.9 Å².